The molecule has 108 valence electrons. The van der Waals surface area contributed by atoms with E-state index in [4.69, 9.17) is 0 Å². The summed E-state index contributed by atoms with van der Waals surface area (Å²) in [7, 11) is 4.32. The molecule has 0 aliphatic heterocycles. The summed E-state index contributed by atoms with van der Waals surface area (Å²) < 4.78 is 0. The highest BCUT2D eigenvalue weighted by Gasteiger charge is 2.13. The van der Waals surface area contributed by atoms with Gasteiger partial charge in [-0.25, -0.2) is 0 Å². The zero-order valence-electron chi connectivity index (χ0n) is 12.7. The predicted molar refractivity (Wildman–Crippen MR) is 80.2 cm³/mol. The molecule has 1 fully saturated rings. The maximum absolute atomic E-state index is 3.71. The number of hydrogen-bond acceptors (Lipinski definition) is 3. The third-order valence-corrected chi connectivity index (χ3v) is 3.84. The summed E-state index contributed by atoms with van der Waals surface area (Å²) in [4.78, 5) is 4.88. The van der Waals surface area contributed by atoms with E-state index in [1.165, 1.54) is 71.2 Å². The van der Waals surface area contributed by atoms with E-state index in [0.717, 1.165) is 6.04 Å². The molecule has 3 nitrogen and oxygen atoms in total. The highest BCUT2D eigenvalue weighted by atomic mass is 15.2. The summed E-state index contributed by atoms with van der Waals surface area (Å²) in [5, 5.41) is 3.71. The van der Waals surface area contributed by atoms with E-state index in [1.807, 2.05) is 0 Å². The molecule has 0 aromatic carbocycles. The van der Waals surface area contributed by atoms with Crippen LogP contribution in [0.4, 0.5) is 0 Å². The molecule has 1 aliphatic carbocycles. The van der Waals surface area contributed by atoms with Gasteiger partial charge in [-0.05, 0) is 59.4 Å². The lowest BCUT2D eigenvalue weighted by molar-refractivity contribution is 0.237. The van der Waals surface area contributed by atoms with E-state index in [2.05, 4.69) is 36.1 Å². The number of nitrogens with zero attached hydrogens (tertiary/aromatic N) is 2. The molecule has 0 atom stereocenters. The fourth-order valence-electron chi connectivity index (χ4n) is 2.73. The third-order valence-electron chi connectivity index (χ3n) is 3.84. The molecular formula is C15H33N3. The van der Waals surface area contributed by atoms with E-state index < -0.39 is 0 Å². The van der Waals surface area contributed by atoms with Crippen LogP contribution in [-0.2, 0) is 0 Å². The van der Waals surface area contributed by atoms with Gasteiger partial charge < -0.3 is 15.1 Å². The second-order valence-electron chi connectivity index (χ2n) is 5.93. The van der Waals surface area contributed by atoms with E-state index in [-0.39, 0.29) is 0 Å². The predicted octanol–water partition coefficient (Wildman–Crippen LogP) is 2.18. The topological polar surface area (TPSA) is 18.5 Å². The van der Waals surface area contributed by atoms with Gasteiger partial charge in [0.15, 0.2) is 0 Å². The monoisotopic (exact) mass is 255 g/mol. The lowest BCUT2D eigenvalue weighted by Crippen LogP contribution is -2.35. The Morgan fingerprint density at radius 3 is 2.33 bits per heavy atom. The molecule has 1 N–H and O–H groups in total. The molecule has 1 saturated carbocycles. The van der Waals surface area contributed by atoms with Crippen LogP contribution in [0.25, 0.3) is 0 Å². The zero-order chi connectivity index (χ0) is 13.2. The van der Waals surface area contributed by atoms with Gasteiger partial charge in [0, 0.05) is 19.1 Å². The Morgan fingerprint density at radius 1 is 1.00 bits per heavy atom. The molecule has 0 aromatic rings. The van der Waals surface area contributed by atoms with E-state index in [1.54, 1.807) is 0 Å². The molecule has 0 unspecified atom stereocenters. The fourth-order valence-corrected chi connectivity index (χ4v) is 2.73. The van der Waals surface area contributed by atoms with E-state index in [9.17, 15) is 0 Å². The lowest BCUT2D eigenvalue weighted by Gasteiger charge is -2.24. The summed E-state index contributed by atoms with van der Waals surface area (Å²) in [6.45, 7) is 8.37. The second kappa shape index (κ2) is 9.76. The number of rotatable bonds is 10. The highest BCUT2D eigenvalue weighted by molar-refractivity contribution is 4.73. The highest BCUT2D eigenvalue weighted by Crippen LogP contribution is 2.17. The average Bonchev–Trinajstić information content (AvgIpc) is 2.84. The molecule has 1 rings (SSSR count). The number of likely N-dealkylation sites (N-methyl/N-ethyl adjacent to an activating group) is 1. The summed E-state index contributed by atoms with van der Waals surface area (Å²) in [5.74, 6) is 0. The van der Waals surface area contributed by atoms with Crippen LogP contribution in [0, 0.1) is 0 Å². The molecule has 0 spiro atoms. The lowest BCUT2D eigenvalue weighted by atomic mass is 10.2. The zero-order valence-corrected chi connectivity index (χ0v) is 12.7. The van der Waals surface area contributed by atoms with Crippen LogP contribution in [0.15, 0.2) is 0 Å². The van der Waals surface area contributed by atoms with Gasteiger partial charge in [0.1, 0.15) is 0 Å². The molecule has 18 heavy (non-hydrogen) atoms. The molecule has 0 aromatic heterocycles. The van der Waals surface area contributed by atoms with Crippen LogP contribution in [0.2, 0.25) is 0 Å². The van der Waals surface area contributed by atoms with Crippen LogP contribution >= 0.6 is 0 Å². The van der Waals surface area contributed by atoms with Gasteiger partial charge in [-0.3, -0.25) is 0 Å². The first kappa shape index (κ1) is 15.9. The molecule has 0 amide bonds. The van der Waals surface area contributed by atoms with Crippen molar-refractivity contribution in [2.75, 3.05) is 46.8 Å². The van der Waals surface area contributed by atoms with Crippen LogP contribution in [0.5, 0.6) is 0 Å². The Kier molecular flexibility index (Phi) is 8.64. The quantitative estimate of drug-likeness (QED) is 0.604. The maximum atomic E-state index is 3.71. The Hall–Kier alpha value is -0.120. The Bertz CT molecular complexity index is 188. The maximum Gasteiger partial charge on any atom is 0.0109 e. The normalized spacial score (nSPS) is 17.2. The van der Waals surface area contributed by atoms with Gasteiger partial charge in [-0.15, -0.1) is 0 Å². The van der Waals surface area contributed by atoms with Gasteiger partial charge in [-0.2, -0.15) is 0 Å². The fraction of sp³-hybridized carbons (Fsp3) is 1.00. The second-order valence-corrected chi connectivity index (χ2v) is 5.93. The van der Waals surface area contributed by atoms with Crippen molar-refractivity contribution in [3.8, 4) is 0 Å². The smallest absolute Gasteiger partial charge is 0.0109 e. The van der Waals surface area contributed by atoms with Gasteiger partial charge in [0.25, 0.3) is 0 Å². The van der Waals surface area contributed by atoms with E-state index in [0.29, 0.717) is 0 Å². The minimum Gasteiger partial charge on any atom is -0.314 e. The van der Waals surface area contributed by atoms with Gasteiger partial charge in [0.05, 0.1) is 0 Å². The van der Waals surface area contributed by atoms with Gasteiger partial charge in [-0.1, -0.05) is 19.8 Å². The Balaban J connectivity index is 2.04. The molecule has 1 aliphatic rings. The molecule has 0 saturated heterocycles. The third kappa shape index (κ3) is 7.34. The van der Waals surface area contributed by atoms with Crippen molar-refractivity contribution >= 4 is 0 Å². The first-order valence-corrected chi connectivity index (χ1v) is 7.83. The Morgan fingerprint density at radius 2 is 1.72 bits per heavy atom. The average molecular weight is 255 g/mol. The van der Waals surface area contributed by atoms with Crippen molar-refractivity contribution in [3.63, 3.8) is 0 Å². The van der Waals surface area contributed by atoms with E-state index >= 15 is 0 Å². The molecule has 0 heterocycles. The van der Waals surface area contributed by atoms with Crippen LogP contribution in [0.3, 0.4) is 0 Å². The molecule has 3 heteroatoms. The summed E-state index contributed by atoms with van der Waals surface area (Å²) in [6, 6.07) is 0.825. The van der Waals surface area contributed by atoms with Crippen LogP contribution in [-0.4, -0.2) is 62.7 Å². The number of hydrogen-bond donors (Lipinski definition) is 1. The number of nitrogens with one attached hydrogen (secondary N) is 1. The standard InChI is InChI=1S/C15H33N3/c1-4-11-18(14-13-17(2)3)12-7-10-16-15-8-5-6-9-15/h15-16H,4-14H2,1-3H3. The summed E-state index contributed by atoms with van der Waals surface area (Å²) in [6.07, 6.45) is 8.23. The van der Waals surface area contributed by atoms with Crippen molar-refractivity contribution < 1.29 is 0 Å². The van der Waals surface area contributed by atoms with Crippen molar-refractivity contribution in [3.05, 3.63) is 0 Å². The first-order chi connectivity index (χ1) is 8.72. The molecular weight excluding hydrogens is 222 g/mol. The Labute approximate surface area is 114 Å². The van der Waals surface area contributed by atoms with Crippen molar-refractivity contribution in [1.82, 2.24) is 15.1 Å². The molecule has 0 radical (unpaired) electrons. The summed E-state index contributed by atoms with van der Waals surface area (Å²) in [5.41, 5.74) is 0. The van der Waals surface area contributed by atoms with Crippen molar-refractivity contribution in [1.29, 1.82) is 0 Å². The summed E-state index contributed by atoms with van der Waals surface area (Å²) >= 11 is 0. The minimum atomic E-state index is 0.825. The molecule has 0 bridgehead atoms. The van der Waals surface area contributed by atoms with Crippen molar-refractivity contribution in [2.45, 2.75) is 51.5 Å². The largest absolute Gasteiger partial charge is 0.314 e. The van der Waals surface area contributed by atoms with Crippen LogP contribution < -0.4 is 5.32 Å². The van der Waals surface area contributed by atoms with Gasteiger partial charge in [0.2, 0.25) is 0 Å². The van der Waals surface area contributed by atoms with Crippen LogP contribution in [0.1, 0.15) is 45.4 Å². The first-order valence-electron chi connectivity index (χ1n) is 7.83. The van der Waals surface area contributed by atoms with Gasteiger partial charge >= 0.3 is 0 Å². The van der Waals surface area contributed by atoms with Crippen molar-refractivity contribution in [2.24, 2.45) is 0 Å². The minimum absolute atomic E-state index is 0.825. The SMILES string of the molecule is CCCN(CCCNC1CCCC1)CCN(C)C.